The molecular formula is C21H27N5O3S2. The van der Waals surface area contributed by atoms with Gasteiger partial charge in [-0.15, -0.1) is 11.3 Å². The minimum absolute atomic E-state index is 0.0142. The Morgan fingerprint density at radius 3 is 2.65 bits per heavy atom. The monoisotopic (exact) mass is 461 g/mol. The van der Waals surface area contributed by atoms with E-state index >= 15 is 0 Å². The van der Waals surface area contributed by atoms with Crippen molar-refractivity contribution in [2.24, 2.45) is 0 Å². The molecule has 31 heavy (non-hydrogen) atoms. The van der Waals surface area contributed by atoms with Crippen LogP contribution >= 0.6 is 22.7 Å². The minimum Gasteiger partial charge on any atom is -0.383 e. The van der Waals surface area contributed by atoms with Crippen molar-refractivity contribution in [3.05, 3.63) is 48.7 Å². The highest BCUT2D eigenvalue weighted by molar-refractivity contribution is 7.14. The number of hydrogen-bond donors (Lipinski definition) is 2. The molecule has 0 saturated heterocycles. The summed E-state index contributed by atoms with van der Waals surface area (Å²) in [6, 6.07) is 1.95. The van der Waals surface area contributed by atoms with Crippen LogP contribution in [-0.2, 0) is 6.54 Å². The maximum atomic E-state index is 13.4. The summed E-state index contributed by atoms with van der Waals surface area (Å²) in [5, 5.41) is 6.36. The summed E-state index contributed by atoms with van der Waals surface area (Å²) in [6.45, 7) is 4.76. The van der Waals surface area contributed by atoms with Crippen LogP contribution in [0.15, 0.2) is 31.8 Å². The zero-order valence-electron chi connectivity index (χ0n) is 17.7. The molecule has 3 rings (SSSR count). The molecule has 8 nitrogen and oxygen atoms in total. The first-order valence-corrected chi connectivity index (χ1v) is 12.2. The van der Waals surface area contributed by atoms with Gasteiger partial charge in [-0.05, 0) is 24.3 Å². The molecule has 0 bridgehead atoms. The number of nitrogens with two attached hydrogens (primary N) is 1. The molecule has 0 atom stereocenters. The molecule has 10 heteroatoms. The standard InChI is InChI=1S/C21H27N5O3S2/c1-3-5-7-10-25(16-17(22)26(9-6-4-2)21(29)24-18(16)27)20(28)15-13-31-19(23-15)14-8-11-30-12-14/h8,11-13H,3-7,9-10,22H2,1-2H3,(H,24,27,29). The van der Waals surface area contributed by atoms with Crippen molar-refractivity contribution < 1.29 is 4.79 Å². The highest BCUT2D eigenvalue weighted by atomic mass is 32.1. The van der Waals surface area contributed by atoms with Crippen molar-refractivity contribution in [1.29, 1.82) is 0 Å². The van der Waals surface area contributed by atoms with Gasteiger partial charge >= 0.3 is 5.69 Å². The molecule has 0 unspecified atom stereocenters. The zero-order chi connectivity index (χ0) is 22.4. The van der Waals surface area contributed by atoms with Crippen LogP contribution in [0.2, 0.25) is 0 Å². The van der Waals surface area contributed by atoms with Gasteiger partial charge in [-0.25, -0.2) is 9.78 Å². The van der Waals surface area contributed by atoms with Crippen LogP contribution in [-0.4, -0.2) is 27.0 Å². The maximum Gasteiger partial charge on any atom is 0.330 e. The Balaban J connectivity index is 2.02. The molecule has 0 aliphatic carbocycles. The van der Waals surface area contributed by atoms with Gasteiger partial charge in [0, 0.05) is 29.4 Å². The summed E-state index contributed by atoms with van der Waals surface area (Å²) in [4.78, 5) is 46.6. The van der Waals surface area contributed by atoms with Crippen molar-refractivity contribution >= 4 is 40.1 Å². The number of thiophene rings is 1. The van der Waals surface area contributed by atoms with E-state index in [-0.39, 0.29) is 17.2 Å². The average molecular weight is 462 g/mol. The SMILES string of the molecule is CCCCCN(C(=O)c1csc(-c2ccsc2)n1)c1c(N)n(CCCC)c(=O)[nH]c1=O. The van der Waals surface area contributed by atoms with Gasteiger partial charge in [0.25, 0.3) is 11.5 Å². The summed E-state index contributed by atoms with van der Waals surface area (Å²) >= 11 is 2.94. The number of nitrogens with one attached hydrogen (secondary N) is 1. The molecule has 166 valence electrons. The lowest BCUT2D eigenvalue weighted by atomic mass is 10.2. The van der Waals surface area contributed by atoms with Crippen molar-refractivity contribution in [2.45, 2.75) is 52.5 Å². The number of unbranched alkanes of at least 4 members (excludes halogenated alkanes) is 3. The van der Waals surface area contributed by atoms with Gasteiger partial charge in [-0.3, -0.25) is 24.0 Å². The van der Waals surface area contributed by atoms with E-state index in [1.165, 1.54) is 20.8 Å². The smallest absolute Gasteiger partial charge is 0.330 e. The number of hydrogen-bond acceptors (Lipinski definition) is 7. The Morgan fingerprint density at radius 1 is 1.19 bits per heavy atom. The van der Waals surface area contributed by atoms with E-state index in [4.69, 9.17) is 5.73 Å². The maximum absolute atomic E-state index is 13.4. The van der Waals surface area contributed by atoms with E-state index in [2.05, 4.69) is 16.9 Å². The quantitative estimate of drug-likeness (QED) is 0.444. The molecule has 1 amide bonds. The van der Waals surface area contributed by atoms with Gasteiger partial charge in [-0.1, -0.05) is 33.1 Å². The Hall–Kier alpha value is -2.72. The third kappa shape index (κ3) is 5.13. The van der Waals surface area contributed by atoms with Crippen LogP contribution in [0.1, 0.15) is 56.4 Å². The molecule has 0 aromatic carbocycles. The van der Waals surface area contributed by atoms with E-state index in [0.717, 1.165) is 36.3 Å². The number of anilines is 2. The first-order chi connectivity index (χ1) is 15.0. The molecule has 3 aromatic heterocycles. The topological polar surface area (TPSA) is 114 Å². The molecule has 0 aliphatic rings. The number of carbonyl (C=O) groups is 1. The molecular weight excluding hydrogens is 434 g/mol. The number of rotatable bonds is 10. The van der Waals surface area contributed by atoms with E-state index < -0.39 is 17.2 Å². The fraction of sp³-hybridized carbons (Fsp3) is 0.429. The first-order valence-electron chi connectivity index (χ1n) is 10.4. The molecule has 0 fully saturated rings. The zero-order valence-corrected chi connectivity index (χ0v) is 19.4. The van der Waals surface area contributed by atoms with E-state index in [9.17, 15) is 14.4 Å². The second kappa shape index (κ2) is 10.5. The van der Waals surface area contributed by atoms with Gasteiger partial charge in [0.05, 0.1) is 0 Å². The van der Waals surface area contributed by atoms with Crippen LogP contribution in [0, 0.1) is 0 Å². The highest BCUT2D eigenvalue weighted by Gasteiger charge is 2.26. The predicted molar refractivity (Wildman–Crippen MR) is 127 cm³/mol. The molecule has 0 radical (unpaired) electrons. The summed E-state index contributed by atoms with van der Waals surface area (Å²) in [5.74, 6) is -0.382. The summed E-state index contributed by atoms with van der Waals surface area (Å²) in [7, 11) is 0. The number of H-pyrrole nitrogens is 1. The Kier molecular flexibility index (Phi) is 7.80. The minimum atomic E-state index is -0.659. The van der Waals surface area contributed by atoms with Crippen molar-refractivity contribution in [1.82, 2.24) is 14.5 Å². The normalized spacial score (nSPS) is 11.0. The molecule has 3 heterocycles. The third-order valence-electron chi connectivity index (χ3n) is 4.94. The van der Waals surface area contributed by atoms with Crippen molar-refractivity contribution in [3.8, 4) is 10.6 Å². The summed E-state index contributed by atoms with van der Waals surface area (Å²) < 4.78 is 1.33. The Morgan fingerprint density at radius 2 is 1.97 bits per heavy atom. The molecule has 0 spiro atoms. The Labute approximate surface area is 188 Å². The second-order valence-corrected chi connectivity index (χ2v) is 8.85. The average Bonchev–Trinajstić information content (AvgIpc) is 3.43. The van der Waals surface area contributed by atoms with Crippen molar-refractivity contribution in [2.75, 3.05) is 17.2 Å². The lowest BCUT2D eigenvalue weighted by molar-refractivity contribution is 0.0982. The fourth-order valence-corrected chi connectivity index (χ4v) is 4.75. The number of nitrogen functional groups attached to an aromatic ring is 1. The lowest BCUT2D eigenvalue weighted by Crippen LogP contribution is -2.41. The van der Waals surface area contributed by atoms with E-state index in [1.807, 2.05) is 23.8 Å². The fourth-order valence-electron chi connectivity index (χ4n) is 3.24. The van der Waals surface area contributed by atoms with Crippen LogP contribution in [0.3, 0.4) is 0 Å². The first kappa shape index (κ1) is 23.0. The molecule has 0 saturated carbocycles. The van der Waals surface area contributed by atoms with E-state index in [0.29, 0.717) is 19.5 Å². The summed E-state index contributed by atoms with van der Waals surface area (Å²) in [5.41, 5.74) is 6.27. The van der Waals surface area contributed by atoms with E-state index in [1.54, 1.807) is 16.7 Å². The van der Waals surface area contributed by atoms with Gasteiger partial charge in [0.2, 0.25) is 0 Å². The van der Waals surface area contributed by atoms with Crippen LogP contribution in [0.5, 0.6) is 0 Å². The van der Waals surface area contributed by atoms with Crippen molar-refractivity contribution in [3.63, 3.8) is 0 Å². The van der Waals surface area contributed by atoms with Gasteiger partial charge in [0.15, 0.2) is 5.69 Å². The second-order valence-electron chi connectivity index (χ2n) is 7.21. The largest absolute Gasteiger partial charge is 0.383 e. The molecule has 3 N–H and O–H groups in total. The number of nitrogens with zero attached hydrogens (tertiary/aromatic N) is 3. The van der Waals surface area contributed by atoms with Gasteiger partial charge < -0.3 is 5.73 Å². The Bertz CT molecular complexity index is 1130. The van der Waals surface area contributed by atoms with Crippen LogP contribution in [0.25, 0.3) is 10.6 Å². The molecule has 0 aliphatic heterocycles. The number of aromatic amines is 1. The van der Waals surface area contributed by atoms with Gasteiger partial charge in [0.1, 0.15) is 16.5 Å². The van der Waals surface area contributed by atoms with Crippen LogP contribution < -0.4 is 21.9 Å². The van der Waals surface area contributed by atoms with Gasteiger partial charge in [-0.2, -0.15) is 11.3 Å². The number of thiazole rings is 1. The summed E-state index contributed by atoms with van der Waals surface area (Å²) in [6.07, 6.45) is 4.16. The number of aromatic nitrogens is 3. The molecule has 3 aromatic rings. The predicted octanol–water partition coefficient (Wildman–Crippen LogP) is 3.94. The number of amides is 1. The van der Waals surface area contributed by atoms with Crippen LogP contribution in [0.4, 0.5) is 11.5 Å². The highest BCUT2D eigenvalue weighted by Crippen LogP contribution is 2.27. The lowest BCUT2D eigenvalue weighted by Gasteiger charge is -2.24. The number of carbonyl (C=O) groups excluding carboxylic acids is 1. The third-order valence-corrected chi connectivity index (χ3v) is 6.52.